The minimum absolute atomic E-state index is 0.0316. The molecule has 2 aliphatic rings. The summed E-state index contributed by atoms with van der Waals surface area (Å²) in [5.41, 5.74) is 0.968. The normalized spacial score (nSPS) is 23.2. The van der Waals surface area contributed by atoms with Crippen molar-refractivity contribution >= 4 is 5.91 Å². The Kier molecular flexibility index (Phi) is 6.45. The van der Waals surface area contributed by atoms with Gasteiger partial charge in [-0.15, -0.1) is 0 Å². The van der Waals surface area contributed by atoms with E-state index in [9.17, 15) is 9.18 Å². The zero-order chi connectivity index (χ0) is 20.4. The first-order valence-corrected chi connectivity index (χ1v) is 10.7. The van der Waals surface area contributed by atoms with E-state index < -0.39 is 0 Å². The van der Waals surface area contributed by atoms with Gasteiger partial charge in [-0.1, -0.05) is 19.1 Å². The Morgan fingerprint density at radius 1 is 1.25 bits per heavy atom. The van der Waals surface area contributed by atoms with Crippen LogP contribution in [0.25, 0.3) is 0 Å². The molecule has 0 aromatic heterocycles. The van der Waals surface area contributed by atoms with Crippen molar-refractivity contribution in [3.63, 3.8) is 0 Å². The van der Waals surface area contributed by atoms with Crippen LogP contribution in [-0.2, 0) is 11.2 Å². The van der Waals surface area contributed by atoms with Crippen LogP contribution in [0.15, 0.2) is 24.3 Å². The van der Waals surface area contributed by atoms with E-state index in [1.165, 1.54) is 25.0 Å². The SMILES string of the molecule is CCCN1CC2(CCN(C)CC2)CC1C(=O)NC(C)(C)Cc1ccc(F)cc1. The van der Waals surface area contributed by atoms with Gasteiger partial charge in [-0.3, -0.25) is 9.69 Å². The molecule has 2 heterocycles. The highest BCUT2D eigenvalue weighted by Crippen LogP contribution is 2.43. The lowest BCUT2D eigenvalue weighted by atomic mass is 9.76. The van der Waals surface area contributed by atoms with Crippen molar-refractivity contribution in [3.05, 3.63) is 35.6 Å². The predicted octanol–water partition coefficient (Wildman–Crippen LogP) is 3.46. The van der Waals surface area contributed by atoms with Gasteiger partial charge >= 0.3 is 0 Å². The summed E-state index contributed by atoms with van der Waals surface area (Å²) >= 11 is 0. The molecule has 2 aliphatic heterocycles. The van der Waals surface area contributed by atoms with Crippen LogP contribution in [-0.4, -0.2) is 60.5 Å². The Bertz CT molecular complexity index is 665. The fourth-order valence-corrected chi connectivity index (χ4v) is 4.95. The van der Waals surface area contributed by atoms with E-state index in [0.29, 0.717) is 11.8 Å². The summed E-state index contributed by atoms with van der Waals surface area (Å²) in [7, 11) is 2.19. The fourth-order valence-electron chi connectivity index (χ4n) is 4.95. The number of rotatable bonds is 6. The topological polar surface area (TPSA) is 35.6 Å². The van der Waals surface area contributed by atoms with Crippen LogP contribution in [0.2, 0.25) is 0 Å². The highest BCUT2D eigenvalue weighted by atomic mass is 19.1. The standard InChI is InChI=1S/C23H36FN3O/c1-5-12-27-17-23(10-13-26(4)14-11-23)16-20(27)21(28)25-22(2,3)15-18-6-8-19(24)9-7-18/h6-9,20H,5,10-17H2,1-4H3,(H,25,28). The minimum atomic E-state index is -0.366. The van der Waals surface area contributed by atoms with Gasteiger partial charge in [-0.2, -0.15) is 0 Å². The largest absolute Gasteiger partial charge is 0.350 e. The molecule has 0 bridgehead atoms. The van der Waals surface area contributed by atoms with Crippen molar-refractivity contribution in [2.75, 3.05) is 33.2 Å². The number of nitrogens with one attached hydrogen (secondary N) is 1. The number of carbonyl (C=O) groups is 1. The van der Waals surface area contributed by atoms with E-state index in [0.717, 1.165) is 44.6 Å². The molecule has 1 spiro atoms. The number of nitrogens with zero attached hydrogens (tertiary/aromatic N) is 2. The molecule has 2 fully saturated rings. The van der Waals surface area contributed by atoms with Gasteiger partial charge in [0, 0.05) is 12.1 Å². The highest BCUT2D eigenvalue weighted by Gasteiger charge is 2.47. The maximum absolute atomic E-state index is 13.3. The van der Waals surface area contributed by atoms with Crippen molar-refractivity contribution < 1.29 is 9.18 Å². The summed E-state index contributed by atoms with van der Waals surface area (Å²) in [6.07, 6.45) is 5.10. The fraction of sp³-hybridized carbons (Fsp3) is 0.696. The number of hydrogen-bond acceptors (Lipinski definition) is 3. The number of hydrogen-bond donors (Lipinski definition) is 1. The lowest BCUT2D eigenvalue weighted by Gasteiger charge is -2.37. The highest BCUT2D eigenvalue weighted by molar-refractivity contribution is 5.83. The second-order valence-electron chi connectivity index (χ2n) is 9.67. The van der Waals surface area contributed by atoms with Crippen molar-refractivity contribution in [1.29, 1.82) is 0 Å². The summed E-state index contributed by atoms with van der Waals surface area (Å²) in [6, 6.07) is 6.54. The van der Waals surface area contributed by atoms with Gasteiger partial charge in [-0.05, 0) is 95.7 Å². The van der Waals surface area contributed by atoms with E-state index in [1.807, 2.05) is 0 Å². The first kappa shape index (κ1) is 21.3. The first-order valence-electron chi connectivity index (χ1n) is 10.7. The van der Waals surface area contributed by atoms with E-state index in [-0.39, 0.29) is 23.3 Å². The molecule has 156 valence electrons. The molecule has 2 saturated heterocycles. The average Bonchev–Trinajstić information content (AvgIpc) is 2.98. The molecule has 1 amide bonds. The monoisotopic (exact) mass is 389 g/mol. The van der Waals surface area contributed by atoms with E-state index in [2.05, 4.69) is 42.9 Å². The van der Waals surface area contributed by atoms with Gasteiger partial charge in [-0.25, -0.2) is 4.39 Å². The Labute approximate surface area is 169 Å². The lowest BCUT2D eigenvalue weighted by Crippen LogP contribution is -2.52. The molecule has 1 N–H and O–H groups in total. The Morgan fingerprint density at radius 2 is 1.89 bits per heavy atom. The second kappa shape index (κ2) is 8.50. The molecular weight excluding hydrogens is 353 g/mol. The van der Waals surface area contributed by atoms with Gasteiger partial charge in [0.1, 0.15) is 5.82 Å². The maximum Gasteiger partial charge on any atom is 0.237 e. The summed E-state index contributed by atoms with van der Waals surface area (Å²) in [6.45, 7) is 10.6. The van der Waals surface area contributed by atoms with Gasteiger partial charge in [0.15, 0.2) is 0 Å². The molecular formula is C23H36FN3O. The van der Waals surface area contributed by atoms with Crippen LogP contribution < -0.4 is 5.32 Å². The minimum Gasteiger partial charge on any atom is -0.350 e. The smallest absolute Gasteiger partial charge is 0.237 e. The number of benzene rings is 1. The van der Waals surface area contributed by atoms with Gasteiger partial charge in [0.25, 0.3) is 0 Å². The van der Waals surface area contributed by atoms with Crippen LogP contribution in [0.5, 0.6) is 0 Å². The van der Waals surface area contributed by atoms with Crippen LogP contribution >= 0.6 is 0 Å². The molecule has 1 aromatic rings. The van der Waals surface area contributed by atoms with Crippen molar-refractivity contribution in [1.82, 2.24) is 15.1 Å². The number of amides is 1. The van der Waals surface area contributed by atoms with Crippen LogP contribution in [0.3, 0.4) is 0 Å². The zero-order valence-electron chi connectivity index (χ0n) is 17.9. The molecule has 1 aromatic carbocycles. The third-order valence-corrected chi connectivity index (χ3v) is 6.49. The molecule has 1 unspecified atom stereocenters. The Balaban J connectivity index is 1.66. The summed E-state index contributed by atoms with van der Waals surface area (Å²) < 4.78 is 13.2. The van der Waals surface area contributed by atoms with Crippen molar-refractivity contribution in [2.45, 2.75) is 64.5 Å². The molecule has 5 heteroatoms. The maximum atomic E-state index is 13.3. The summed E-state index contributed by atoms with van der Waals surface area (Å²) in [5, 5.41) is 3.30. The Hall–Kier alpha value is -1.46. The summed E-state index contributed by atoms with van der Waals surface area (Å²) in [5.74, 6) is -0.0773. The van der Waals surface area contributed by atoms with E-state index in [4.69, 9.17) is 0 Å². The summed E-state index contributed by atoms with van der Waals surface area (Å²) in [4.78, 5) is 18.1. The van der Waals surface area contributed by atoms with E-state index >= 15 is 0 Å². The number of likely N-dealkylation sites (tertiary alicyclic amines) is 2. The van der Waals surface area contributed by atoms with Crippen molar-refractivity contribution in [2.24, 2.45) is 5.41 Å². The number of carbonyl (C=O) groups excluding carboxylic acids is 1. The van der Waals surface area contributed by atoms with Crippen molar-refractivity contribution in [3.8, 4) is 0 Å². The quantitative estimate of drug-likeness (QED) is 0.809. The van der Waals surface area contributed by atoms with Gasteiger partial charge in [0.2, 0.25) is 5.91 Å². The molecule has 3 rings (SSSR count). The molecule has 0 aliphatic carbocycles. The number of piperidine rings is 1. The third-order valence-electron chi connectivity index (χ3n) is 6.49. The van der Waals surface area contributed by atoms with Crippen LogP contribution in [0, 0.1) is 11.2 Å². The molecule has 4 nitrogen and oxygen atoms in total. The van der Waals surface area contributed by atoms with Crippen LogP contribution in [0.4, 0.5) is 4.39 Å². The van der Waals surface area contributed by atoms with E-state index in [1.54, 1.807) is 12.1 Å². The first-order chi connectivity index (χ1) is 13.2. The molecule has 0 saturated carbocycles. The lowest BCUT2D eigenvalue weighted by molar-refractivity contribution is -0.127. The second-order valence-corrected chi connectivity index (χ2v) is 9.67. The zero-order valence-corrected chi connectivity index (χ0v) is 17.9. The molecule has 28 heavy (non-hydrogen) atoms. The molecule has 1 atom stereocenters. The third kappa shape index (κ3) is 5.12. The average molecular weight is 390 g/mol. The number of halogens is 1. The van der Waals surface area contributed by atoms with Crippen LogP contribution in [0.1, 0.15) is 52.0 Å². The van der Waals surface area contributed by atoms with Gasteiger partial charge in [0.05, 0.1) is 6.04 Å². The Morgan fingerprint density at radius 3 is 2.50 bits per heavy atom. The predicted molar refractivity (Wildman–Crippen MR) is 112 cm³/mol. The van der Waals surface area contributed by atoms with Gasteiger partial charge < -0.3 is 10.2 Å². The molecule has 0 radical (unpaired) electrons.